The zero-order valence-corrected chi connectivity index (χ0v) is 10.5. The highest BCUT2D eigenvalue weighted by molar-refractivity contribution is 9.10. The van der Waals surface area contributed by atoms with Crippen molar-refractivity contribution in [2.24, 2.45) is 0 Å². The summed E-state index contributed by atoms with van der Waals surface area (Å²) < 4.78 is 6.43. The van der Waals surface area contributed by atoms with E-state index in [-0.39, 0.29) is 0 Å². The Balaban J connectivity index is 2.32. The molecule has 82 valence electrons. The molecule has 0 aromatic heterocycles. The minimum Gasteiger partial charge on any atom is -0.380 e. The second-order valence-corrected chi connectivity index (χ2v) is 4.75. The molecular formula is C12H16BrNO. The van der Waals surface area contributed by atoms with E-state index >= 15 is 0 Å². The number of ether oxygens (including phenoxy) is 1. The summed E-state index contributed by atoms with van der Waals surface area (Å²) in [5.74, 6) is 0. The fraction of sp³-hybridized carbons (Fsp3) is 0.500. The highest BCUT2D eigenvalue weighted by atomic mass is 79.9. The lowest BCUT2D eigenvalue weighted by molar-refractivity contribution is 0.183. The summed E-state index contributed by atoms with van der Waals surface area (Å²) in [6, 6.07) is 6.81. The third-order valence-electron chi connectivity index (χ3n) is 2.85. The van der Waals surface area contributed by atoms with Crippen molar-refractivity contribution in [3.8, 4) is 0 Å². The Kier molecular flexibility index (Phi) is 3.78. The molecule has 0 aliphatic carbocycles. The molecule has 1 aromatic rings. The van der Waals surface area contributed by atoms with Crippen molar-refractivity contribution in [2.75, 3.05) is 13.7 Å². The number of halogens is 1. The topological polar surface area (TPSA) is 21.3 Å². The van der Waals surface area contributed by atoms with Crippen LogP contribution in [-0.2, 0) is 11.3 Å². The second-order valence-electron chi connectivity index (χ2n) is 3.89. The van der Waals surface area contributed by atoms with Crippen molar-refractivity contribution in [3.63, 3.8) is 0 Å². The minimum absolute atomic E-state index is 0.491. The lowest BCUT2D eigenvalue weighted by Gasteiger charge is -2.17. The highest BCUT2D eigenvalue weighted by Crippen LogP contribution is 2.32. The zero-order valence-electron chi connectivity index (χ0n) is 8.92. The molecule has 1 aromatic carbocycles. The van der Waals surface area contributed by atoms with Crippen molar-refractivity contribution in [1.82, 2.24) is 5.32 Å². The number of methoxy groups -OCH3 is 1. The number of nitrogens with one attached hydrogen (secondary N) is 1. The molecular weight excluding hydrogens is 254 g/mol. The molecule has 1 unspecified atom stereocenters. The van der Waals surface area contributed by atoms with Crippen LogP contribution >= 0.6 is 15.9 Å². The van der Waals surface area contributed by atoms with Crippen LogP contribution in [-0.4, -0.2) is 13.7 Å². The Morgan fingerprint density at radius 2 is 2.40 bits per heavy atom. The molecule has 3 heteroatoms. The van der Waals surface area contributed by atoms with Gasteiger partial charge >= 0.3 is 0 Å². The highest BCUT2D eigenvalue weighted by Gasteiger charge is 2.21. The molecule has 1 fully saturated rings. The molecule has 2 rings (SSSR count). The Bertz CT molecular complexity index is 334. The van der Waals surface area contributed by atoms with E-state index in [1.165, 1.54) is 28.4 Å². The number of rotatable bonds is 3. The van der Waals surface area contributed by atoms with E-state index in [4.69, 9.17) is 4.74 Å². The first-order valence-corrected chi connectivity index (χ1v) is 6.12. The quantitative estimate of drug-likeness (QED) is 0.911. The molecule has 2 nitrogen and oxygen atoms in total. The minimum atomic E-state index is 0.491. The molecule has 15 heavy (non-hydrogen) atoms. The maximum Gasteiger partial charge on any atom is 0.0716 e. The molecule has 0 bridgehead atoms. The predicted molar refractivity (Wildman–Crippen MR) is 64.8 cm³/mol. The van der Waals surface area contributed by atoms with Gasteiger partial charge in [0.05, 0.1) is 6.61 Å². The average Bonchev–Trinajstić information content (AvgIpc) is 2.71. The SMILES string of the molecule is COCc1cccc(Br)c1C1CCCN1. The van der Waals surface area contributed by atoms with E-state index in [0.29, 0.717) is 12.6 Å². The summed E-state index contributed by atoms with van der Waals surface area (Å²) >= 11 is 3.63. The third kappa shape index (κ3) is 2.41. The average molecular weight is 270 g/mol. The van der Waals surface area contributed by atoms with Gasteiger partial charge in [0.15, 0.2) is 0 Å². The summed E-state index contributed by atoms with van der Waals surface area (Å²) in [4.78, 5) is 0. The smallest absolute Gasteiger partial charge is 0.0716 e. The number of hydrogen-bond acceptors (Lipinski definition) is 2. The van der Waals surface area contributed by atoms with Crippen LogP contribution in [0.1, 0.15) is 30.0 Å². The summed E-state index contributed by atoms with van der Waals surface area (Å²) in [7, 11) is 1.74. The van der Waals surface area contributed by atoms with Crippen LogP contribution in [0.5, 0.6) is 0 Å². The van der Waals surface area contributed by atoms with Gasteiger partial charge in [0.2, 0.25) is 0 Å². The first-order valence-electron chi connectivity index (χ1n) is 5.32. The van der Waals surface area contributed by atoms with Crippen LogP contribution in [0.25, 0.3) is 0 Å². The monoisotopic (exact) mass is 269 g/mol. The number of benzene rings is 1. The maximum absolute atomic E-state index is 5.23. The molecule has 1 heterocycles. The van der Waals surface area contributed by atoms with E-state index in [9.17, 15) is 0 Å². The van der Waals surface area contributed by atoms with Crippen LogP contribution in [0.15, 0.2) is 22.7 Å². The zero-order chi connectivity index (χ0) is 10.7. The van der Waals surface area contributed by atoms with Crippen LogP contribution in [0.2, 0.25) is 0 Å². The largest absolute Gasteiger partial charge is 0.380 e. The summed E-state index contributed by atoms with van der Waals surface area (Å²) in [6.07, 6.45) is 2.48. The molecule has 1 aliphatic rings. The molecule has 0 amide bonds. The molecule has 0 spiro atoms. The van der Waals surface area contributed by atoms with E-state index in [1.54, 1.807) is 7.11 Å². The first-order chi connectivity index (χ1) is 7.33. The Morgan fingerprint density at radius 3 is 3.07 bits per heavy atom. The summed E-state index contributed by atoms with van der Waals surface area (Å²) in [6.45, 7) is 1.81. The van der Waals surface area contributed by atoms with Crippen molar-refractivity contribution in [2.45, 2.75) is 25.5 Å². The molecule has 0 radical (unpaired) electrons. The second kappa shape index (κ2) is 5.10. The van der Waals surface area contributed by atoms with Crippen LogP contribution < -0.4 is 5.32 Å². The van der Waals surface area contributed by atoms with Gasteiger partial charge in [0.25, 0.3) is 0 Å². The van der Waals surface area contributed by atoms with E-state index in [2.05, 4.69) is 39.4 Å². The Hall–Kier alpha value is -0.380. The lowest BCUT2D eigenvalue weighted by Crippen LogP contribution is -2.15. The first kappa shape index (κ1) is 11.1. The van der Waals surface area contributed by atoms with Gasteiger partial charge in [-0.05, 0) is 36.6 Å². The van der Waals surface area contributed by atoms with Crippen molar-refractivity contribution in [1.29, 1.82) is 0 Å². The fourth-order valence-electron chi connectivity index (χ4n) is 2.18. The molecule has 1 saturated heterocycles. The van der Waals surface area contributed by atoms with Gasteiger partial charge in [-0.1, -0.05) is 28.1 Å². The lowest BCUT2D eigenvalue weighted by atomic mass is 9.99. The van der Waals surface area contributed by atoms with Gasteiger partial charge in [0.1, 0.15) is 0 Å². The number of hydrogen-bond donors (Lipinski definition) is 1. The van der Waals surface area contributed by atoms with Gasteiger partial charge in [-0.15, -0.1) is 0 Å². The van der Waals surface area contributed by atoms with Crippen molar-refractivity contribution < 1.29 is 4.74 Å². The summed E-state index contributed by atoms with van der Waals surface area (Å²) in [5.41, 5.74) is 2.66. The molecule has 1 aliphatic heterocycles. The van der Waals surface area contributed by atoms with Crippen LogP contribution in [0.4, 0.5) is 0 Å². The normalized spacial score (nSPS) is 20.8. The maximum atomic E-state index is 5.23. The van der Waals surface area contributed by atoms with Gasteiger partial charge in [0, 0.05) is 17.6 Å². The Labute approximate surface area is 99.1 Å². The van der Waals surface area contributed by atoms with Gasteiger partial charge < -0.3 is 10.1 Å². The van der Waals surface area contributed by atoms with E-state index in [0.717, 1.165) is 6.54 Å². The van der Waals surface area contributed by atoms with E-state index < -0.39 is 0 Å². The molecule has 1 N–H and O–H groups in total. The predicted octanol–water partition coefficient (Wildman–Crippen LogP) is 3.02. The van der Waals surface area contributed by atoms with E-state index in [1.807, 2.05) is 0 Å². The van der Waals surface area contributed by atoms with Crippen LogP contribution in [0.3, 0.4) is 0 Å². The third-order valence-corrected chi connectivity index (χ3v) is 3.54. The molecule has 1 atom stereocenters. The van der Waals surface area contributed by atoms with Crippen LogP contribution in [0, 0.1) is 0 Å². The van der Waals surface area contributed by atoms with Crippen molar-refractivity contribution >= 4 is 15.9 Å². The van der Waals surface area contributed by atoms with Gasteiger partial charge in [-0.25, -0.2) is 0 Å². The fourth-order valence-corrected chi connectivity index (χ4v) is 2.87. The molecule has 0 saturated carbocycles. The standard InChI is InChI=1S/C12H16BrNO/c1-15-8-9-4-2-5-10(13)12(9)11-6-3-7-14-11/h2,4-5,11,14H,3,6-8H2,1H3. The van der Waals surface area contributed by atoms with Gasteiger partial charge in [-0.2, -0.15) is 0 Å². The summed E-state index contributed by atoms with van der Waals surface area (Å²) in [5, 5.41) is 3.53. The van der Waals surface area contributed by atoms with Crippen molar-refractivity contribution in [3.05, 3.63) is 33.8 Å². The Morgan fingerprint density at radius 1 is 1.53 bits per heavy atom. The van der Waals surface area contributed by atoms with Gasteiger partial charge in [-0.3, -0.25) is 0 Å².